The largest absolute Gasteiger partial charge is 0.469 e. The Morgan fingerprint density at radius 2 is 2.05 bits per heavy atom. The van der Waals surface area contributed by atoms with E-state index >= 15 is 0 Å². The molecule has 0 aliphatic heterocycles. The van der Waals surface area contributed by atoms with Gasteiger partial charge in [-0.1, -0.05) is 25.1 Å². The van der Waals surface area contributed by atoms with Crippen molar-refractivity contribution in [3.8, 4) is 0 Å². The van der Waals surface area contributed by atoms with Gasteiger partial charge in [-0.15, -0.1) is 24.0 Å². The first kappa shape index (κ1) is 20.6. The standard InChI is InChI=1S/C15H22FN3O2.HI/c1-11(14(20)21-3)10-19-15(17-2)18-9-8-12-6-4-5-7-13(12)16;/h4-7,11H,8-10H2,1-3H3,(H2,17,18,19);1H. The number of esters is 1. The van der Waals surface area contributed by atoms with E-state index in [2.05, 4.69) is 20.4 Å². The van der Waals surface area contributed by atoms with Gasteiger partial charge < -0.3 is 15.4 Å². The van der Waals surface area contributed by atoms with Crippen LogP contribution in [0.5, 0.6) is 0 Å². The third kappa shape index (κ3) is 7.06. The van der Waals surface area contributed by atoms with Gasteiger partial charge in [-0.05, 0) is 18.1 Å². The molecule has 0 saturated carbocycles. The second kappa shape index (κ2) is 11.2. The van der Waals surface area contributed by atoms with Crippen LogP contribution in [0.4, 0.5) is 4.39 Å². The molecule has 0 heterocycles. The zero-order chi connectivity index (χ0) is 15.7. The molecule has 1 aromatic carbocycles. The molecule has 0 saturated heterocycles. The monoisotopic (exact) mass is 423 g/mol. The maximum Gasteiger partial charge on any atom is 0.310 e. The van der Waals surface area contributed by atoms with E-state index < -0.39 is 0 Å². The average molecular weight is 423 g/mol. The van der Waals surface area contributed by atoms with Gasteiger partial charge >= 0.3 is 5.97 Å². The fourth-order valence-corrected chi connectivity index (χ4v) is 1.77. The van der Waals surface area contributed by atoms with Crippen LogP contribution in [-0.2, 0) is 16.0 Å². The molecule has 1 rings (SSSR count). The maximum absolute atomic E-state index is 13.5. The lowest BCUT2D eigenvalue weighted by Gasteiger charge is -2.14. The minimum absolute atomic E-state index is 0. The van der Waals surface area contributed by atoms with E-state index in [9.17, 15) is 9.18 Å². The fourth-order valence-electron chi connectivity index (χ4n) is 1.77. The van der Waals surface area contributed by atoms with Crippen LogP contribution in [0.25, 0.3) is 0 Å². The molecular weight excluding hydrogens is 400 g/mol. The Morgan fingerprint density at radius 3 is 2.64 bits per heavy atom. The highest BCUT2D eigenvalue weighted by Crippen LogP contribution is 2.06. The van der Waals surface area contributed by atoms with Crippen LogP contribution in [0, 0.1) is 11.7 Å². The van der Waals surface area contributed by atoms with Gasteiger partial charge in [0, 0.05) is 20.1 Å². The third-order valence-corrected chi connectivity index (χ3v) is 3.05. The molecule has 124 valence electrons. The van der Waals surface area contributed by atoms with Gasteiger partial charge in [0.25, 0.3) is 0 Å². The molecule has 5 nitrogen and oxygen atoms in total. The Labute approximate surface area is 147 Å². The molecule has 2 N–H and O–H groups in total. The highest BCUT2D eigenvalue weighted by Gasteiger charge is 2.13. The molecular formula is C15H23FIN3O2. The predicted octanol–water partition coefficient (Wildman–Crippen LogP) is 1.96. The summed E-state index contributed by atoms with van der Waals surface area (Å²) in [5, 5.41) is 6.11. The zero-order valence-electron chi connectivity index (χ0n) is 13.1. The Balaban J connectivity index is 0.00000441. The molecule has 22 heavy (non-hydrogen) atoms. The van der Waals surface area contributed by atoms with Gasteiger partial charge in [0.15, 0.2) is 5.96 Å². The summed E-state index contributed by atoms with van der Waals surface area (Å²) in [5.41, 5.74) is 0.656. The maximum atomic E-state index is 13.5. The molecule has 0 aliphatic rings. The van der Waals surface area contributed by atoms with Crippen LogP contribution in [-0.4, -0.2) is 39.2 Å². The van der Waals surface area contributed by atoms with Crippen molar-refractivity contribution in [1.29, 1.82) is 0 Å². The lowest BCUT2D eigenvalue weighted by molar-refractivity contribution is -0.144. The van der Waals surface area contributed by atoms with E-state index in [1.54, 1.807) is 26.1 Å². The first-order valence-electron chi connectivity index (χ1n) is 6.84. The predicted molar refractivity (Wildman–Crippen MR) is 96.1 cm³/mol. The van der Waals surface area contributed by atoms with Crippen molar-refractivity contribution in [2.24, 2.45) is 10.9 Å². The summed E-state index contributed by atoms with van der Waals surface area (Å²) >= 11 is 0. The molecule has 0 radical (unpaired) electrons. The molecule has 0 fully saturated rings. The summed E-state index contributed by atoms with van der Waals surface area (Å²) in [6, 6.07) is 6.68. The van der Waals surface area contributed by atoms with Gasteiger partial charge in [0.05, 0.1) is 13.0 Å². The van der Waals surface area contributed by atoms with E-state index in [1.807, 2.05) is 6.07 Å². The average Bonchev–Trinajstić information content (AvgIpc) is 2.51. The lowest BCUT2D eigenvalue weighted by atomic mass is 10.1. The minimum atomic E-state index is -0.274. The second-order valence-electron chi connectivity index (χ2n) is 4.65. The number of aliphatic imine (C=N–C) groups is 1. The third-order valence-electron chi connectivity index (χ3n) is 3.05. The first-order chi connectivity index (χ1) is 10.1. The summed E-state index contributed by atoms with van der Waals surface area (Å²) in [6.45, 7) is 2.74. The smallest absolute Gasteiger partial charge is 0.310 e. The van der Waals surface area contributed by atoms with Crippen molar-refractivity contribution in [3.05, 3.63) is 35.6 Å². The van der Waals surface area contributed by atoms with Crippen molar-refractivity contribution in [1.82, 2.24) is 10.6 Å². The Bertz CT molecular complexity index is 497. The fraction of sp³-hybridized carbons (Fsp3) is 0.467. The Morgan fingerprint density at radius 1 is 1.36 bits per heavy atom. The summed E-state index contributed by atoms with van der Waals surface area (Å²) in [4.78, 5) is 15.3. The number of halogens is 2. The van der Waals surface area contributed by atoms with Crippen molar-refractivity contribution in [2.45, 2.75) is 13.3 Å². The summed E-state index contributed by atoms with van der Waals surface area (Å²) in [7, 11) is 3.00. The van der Waals surface area contributed by atoms with Crippen LogP contribution in [0.3, 0.4) is 0 Å². The molecule has 1 atom stereocenters. The van der Waals surface area contributed by atoms with Gasteiger partial charge in [-0.25, -0.2) is 4.39 Å². The van der Waals surface area contributed by atoms with Crippen LogP contribution in [0.15, 0.2) is 29.3 Å². The first-order valence-corrected chi connectivity index (χ1v) is 6.84. The zero-order valence-corrected chi connectivity index (χ0v) is 15.4. The number of hydrogen-bond acceptors (Lipinski definition) is 3. The van der Waals surface area contributed by atoms with E-state index in [0.717, 1.165) is 0 Å². The number of methoxy groups -OCH3 is 1. The molecule has 0 spiro atoms. The lowest BCUT2D eigenvalue weighted by Crippen LogP contribution is -2.41. The summed E-state index contributed by atoms with van der Waals surface area (Å²) in [5.74, 6) is -0.173. The van der Waals surface area contributed by atoms with E-state index in [4.69, 9.17) is 0 Å². The Kier molecular flexibility index (Phi) is 10.5. The number of nitrogens with zero attached hydrogens (tertiary/aromatic N) is 1. The second-order valence-corrected chi connectivity index (χ2v) is 4.65. The molecule has 0 aliphatic carbocycles. The molecule has 0 bridgehead atoms. The quantitative estimate of drug-likeness (QED) is 0.318. The summed E-state index contributed by atoms with van der Waals surface area (Å²) < 4.78 is 18.1. The molecule has 1 unspecified atom stereocenters. The number of nitrogens with one attached hydrogen (secondary N) is 2. The van der Waals surface area contributed by atoms with Crippen molar-refractivity contribution in [2.75, 3.05) is 27.2 Å². The van der Waals surface area contributed by atoms with Crippen molar-refractivity contribution in [3.63, 3.8) is 0 Å². The normalized spacial score (nSPS) is 12.1. The van der Waals surface area contributed by atoms with E-state index in [1.165, 1.54) is 13.2 Å². The minimum Gasteiger partial charge on any atom is -0.469 e. The summed E-state index contributed by atoms with van der Waals surface area (Å²) in [6.07, 6.45) is 0.555. The van der Waals surface area contributed by atoms with Gasteiger partial charge in [0.1, 0.15) is 5.82 Å². The number of guanidine groups is 1. The highest BCUT2D eigenvalue weighted by molar-refractivity contribution is 14.0. The number of carbonyl (C=O) groups is 1. The number of rotatable bonds is 6. The van der Waals surface area contributed by atoms with Gasteiger partial charge in [-0.2, -0.15) is 0 Å². The highest BCUT2D eigenvalue weighted by atomic mass is 127. The molecule has 7 heteroatoms. The van der Waals surface area contributed by atoms with Crippen LogP contribution in [0.2, 0.25) is 0 Å². The van der Waals surface area contributed by atoms with E-state index in [0.29, 0.717) is 31.0 Å². The SMILES string of the molecule is CN=C(NCCc1ccccc1F)NCC(C)C(=O)OC.I. The number of carbonyl (C=O) groups excluding carboxylic acids is 1. The van der Waals surface area contributed by atoms with Gasteiger partial charge in [0.2, 0.25) is 0 Å². The van der Waals surface area contributed by atoms with Crippen LogP contribution in [0.1, 0.15) is 12.5 Å². The van der Waals surface area contributed by atoms with Crippen LogP contribution < -0.4 is 10.6 Å². The van der Waals surface area contributed by atoms with E-state index in [-0.39, 0.29) is 41.7 Å². The molecule has 1 aromatic rings. The topological polar surface area (TPSA) is 62.7 Å². The van der Waals surface area contributed by atoms with Gasteiger partial charge in [-0.3, -0.25) is 9.79 Å². The van der Waals surface area contributed by atoms with Crippen LogP contribution >= 0.6 is 24.0 Å². The Hall–Kier alpha value is -1.38. The molecule has 0 amide bonds. The van der Waals surface area contributed by atoms with Crippen molar-refractivity contribution < 1.29 is 13.9 Å². The number of benzene rings is 1. The number of hydrogen-bond donors (Lipinski definition) is 2. The number of ether oxygens (including phenoxy) is 1. The molecule has 0 aromatic heterocycles. The van der Waals surface area contributed by atoms with Crippen molar-refractivity contribution >= 4 is 35.9 Å².